The van der Waals surface area contributed by atoms with Crippen molar-refractivity contribution in [3.05, 3.63) is 29.8 Å². The van der Waals surface area contributed by atoms with Gasteiger partial charge < -0.3 is 93.9 Å². The van der Waals surface area contributed by atoms with Gasteiger partial charge in [0, 0.05) is 13.8 Å². The molecular weight excluding hydrogens is 1030 g/mol. The minimum atomic E-state index is -5.11. The number of carbonyl (C=O) groups excluding carboxylic acids is 4. The quantitative estimate of drug-likeness (QED) is 0.0539. The first kappa shape index (κ1) is 58.8. The molecule has 20 atom stereocenters. The standard InChI is InChI=1S/C35H54N6O29S2/c1-10-4-6-13(7-5-10)59-34-23(49)21(47)26(28(65-34)30(51)67-36)64-33-17(41-12(3)43)20(46)25(15(61-33)9-58-72(55,56)70-39)62-35-24(50)22(48)27(29(66-35)31(52)68-37)63-32-16(40-11(2)42)19(45)18(44)14(60-32)8-57-71(53,54)69-38/h4-7,14-29,32-35,44-50H,8-9,36-39H2,1-3H3,(H,40,42)(H,41,43)/t14?,15?,16?,17?,18-,19-,20-,21+,22+,23?,24?,25-,26-,27+,28?,29?,32+,33-,34-,35-/m1/s1. The SMILES string of the molecule is CC(=O)NC1[C@H](O[C@@H]2C(C(=O)ON)O[C@@H](O[C@@H]3C(COS(=O)(=O)ON)O[C@H](O[C@H]4C(C(=O)ON)O[C@@H](Oc5ccc(C)cc5)C(O)[C@@H]4O)C(NC(C)=O)[C@H]3O)C(O)[C@@H]2O)OC(COS(=O)(=O)ON)[C@@H](O)[C@@H]1O. The number of rotatable bonds is 20. The van der Waals surface area contributed by atoms with Gasteiger partial charge in [0.1, 0.15) is 91.1 Å². The molecule has 1 aromatic carbocycles. The predicted octanol–water partition coefficient (Wildman–Crippen LogP) is -9.90. The molecule has 0 aliphatic carbocycles. The lowest BCUT2D eigenvalue weighted by Crippen LogP contribution is -2.70. The first-order chi connectivity index (χ1) is 33.8. The summed E-state index contributed by atoms with van der Waals surface area (Å²) in [7, 11) is -10.0. The molecule has 0 spiro atoms. The molecule has 5 rings (SSSR count). The molecule has 0 radical (unpaired) electrons. The number of aliphatic hydroxyl groups excluding tert-OH is 7. The molecule has 4 heterocycles. The summed E-state index contributed by atoms with van der Waals surface area (Å²) in [4.78, 5) is 59.5. The van der Waals surface area contributed by atoms with Crippen LogP contribution in [0.3, 0.4) is 0 Å². The minimum absolute atomic E-state index is 0.102. The van der Waals surface area contributed by atoms with Crippen molar-refractivity contribution in [3.63, 3.8) is 0 Å². The molecule has 0 bridgehead atoms. The number of aliphatic hydroxyl groups is 7. The summed E-state index contributed by atoms with van der Waals surface area (Å²) in [6, 6.07) is 2.42. The Labute approximate surface area is 406 Å². The maximum absolute atomic E-state index is 13.2. The van der Waals surface area contributed by atoms with Gasteiger partial charge in [-0.3, -0.25) is 9.59 Å². The second-order valence-corrected chi connectivity index (χ2v) is 18.5. The zero-order chi connectivity index (χ0) is 53.6. The summed E-state index contributed by atoms with van der Waals surface area (Å²) >= 11 is 0. The summed E-state index contributed by atoms with van der Waals surface area (Å²) in [6.45, 7) is 1.21. The molecule has 2 amide bonds. The van der Waals surface area contributed by atoms with Crippen molar-refractivity contribution in [2.75, 3.05) is 13.2 Å². The number of hydrogen-bond acceptors (Lipinski definition) is 33. The maximum Gasteiger partial charge on any atom is 0.415 e. The number of hydrogen-bond donors (Lipinski definition) is 13. The van der Waals surface area contributed by atoms with E-state index in [1.807, 2.05) is 0 Å². The van der Waals surface area contributed by atoms with Crippen molar-refractivity contribution < 1.29 is 136 Å². The molecule has 1 aromatic rings. The third-order valence-electron chi connectivity index (χ3n) is 11.0. The molecule has 37 heteroatoms. The van der Waals surface area contributed by atoms with Gasteiger partial charge in [-0.15, -0.1) is 0 Å². The molecule has 4 fully saturated rings. The largest absolute Gasteiger partial charge is 0.462 e. The summed E-state index contributed by atoms with van der Waals surface area (Å²) in [5.74, 6) is 14.9. The van der Waals surface area contributed by atoms with Crippen molar-refractivity contribution in [2.45, 2.75) is 143 Å². The highest BCUT2D eigenvalue weighted by Crippen LogP contribution is 2.36. The average molecular weight is 1090 g/mol. The van der Waals surface area contributed by atoms with Gasteiger partial charge >= 0.3 is 32.7 Å². The Hall–Kier alpha value is -4.08. The monoisotopic (exact) mass is 1090 g/mol. The molecule has 0 aromatic heterocycles. The fourth-order valence-corrected chi connectivity index (χ4v) is 8.29. The second-order valence-electron chi connectivity index (χ2n) is 16.0. The van der Waals surface area contributed by atoms with E-state index in [9.17, 15) is 71.8 Å². The van der Waals surface area contributed by atoms with Gasteiger partial charge in [-0.25, -0.2) is 18.0 Å². The summed E-state index contributed by atoms with van der Waals surface area (Å²) in [5.41, 5.74) is 0.813. The number of ether oxygens (including phenoxy) is 8. The van der Waals surface area contributed by atoms with E-state index in [0.717, 1.165) is 19.4 Å². The highest BCUT2D eigenvalue weighted by molar-refractivity contribution is 7.82. The molecule has 35 nitrogen and oxygen atoms in total. The molecule has 4 aliphatic heterocycles. The zero-order valence-electron chi connectivity index (χ0n) is 37.5. The van der Waals surface area contributed by atoms with Gasteiger partial charge in [0.15, 0.2) is 31.1 Å². The number of amides is 2. The van der Waals surface area contributed by atoms with Gasteiger partial charge in [-0.2, -0.15) is 49.0 Å². The van der Waals surface area contributed by atoms with Crippen LogP contribution in [-0.2, 0) is 99.7 Å². The Morgan fingerprint density at radius 3 is 1.42 bits per heavy atom. The maximum atomic E-state index is 13.2. The van der Waals surface area contributed by atoms with Crippen LogP contribution in [0.15, 0.2) is 24.3 Å². The molecule has 4 aliphatic rings. The van der Waals surface area contributed by atoms with Crippen LogP contribution in [0.4, 0.5) is 0 Å². The van der Waals surface area contributed by atoms with Crippen LogP contribution in [0.1, 0.15) is 19.4 Å². The van der Waals surface area contributed by atoms with Gasteiger partial charge in [0.05, 0.1) is 13.2 Å². The summed E-state index contributed by atoms with van der Waals surface area (Å²) in [5, 5.41) is 83.4. The molecule has 0 saturated carbocycles. The Morgan fingerprint density at radius 1 is 0.542 bits per heavy atom. The van der Waals surface area contributed by atoms with Crippen molar-refractivity contribution in [2.24, 2.45) is 23.6 Å². The van der Waals surface area contributed by atoms with Crippen molar-refractivity contribution in [1.29, 1.82) is 0 Å². The fourth-order valence-electron chi connectivity index (χ4n) is 7.57. The third-order valence-corrected chi connectivity index (χ3v) is 12.4. The van der Waals surface area contributed by atoms with Gasteiger partial charge in [0.25, 0.3) is 0 Å². The smallest absolute Gasteiger partial charge is 0.415 e. The zero-order valence-corrected chi connectivity index (χ0v) is 39.1. The van der Waals surface area contributed by atoms with Gasteiger partial charge in [0.2, 0.25) is 18.1 Å². The molecule has 410 valence electrons. The molecule has 17 N–H and O–H groups in total. The van der Waals surface area contributed by atoms with Crippen molar-refractivity contribution >= 4 is 44.6 Å². The lowest BCUT2D eigenvalue weighted by atomic mass is 9.94. The van der Waals surface area contributed by atoms with E-state index in [1.54, 1.807) is 19.1 Å². The lowest BCUT2D eigenvalue weighted by Gasteiger charge is -2.49. The Kier molecular flexibility index (Phi) is 20.4. The van der Waals surface area contributed by atoms with Crippen molar-refractivity contribution in [3.8, 4) is 5.75 Å². The van der Waals surface area contributed by atoms with Crippen LogP contribution in [0.25, 0.3) is 0 Å². The second kappa shape index (κ2) is 25.0. The summed E-state index contributed by atoms with van der Waals surface area (Å²) < 4.78 is 110. The predicted molar refractivity (Wildman–Crippen MR) is 219 cm³/mol. The van der Waals surface area contributed by atoms with Crippen molar-refractivity contribution in [1.82, 2.24) is 10.6 Å². The molecule has 8 unspecified atom stereocenters. The lowest BCUT2D eigenvalue weighted by molar-refractivity contribution is -0.369. The molecule has 4 saturated heterocycles. The van der Waals surface area contributed by atoms with E-state index < -0.39 is 180 Å². The van der Waals surface area contributed by atoms with Crippen LogP contribution in [0.2, 0.25) is 0 Å². The normalized spacial score (nSPS) is 37.5. The van der Waals surface area contributed by atoms with Crippen LogP contribution >= 0.6 is 0 Å². The topological polar surface area (TPSA) is 536 Å². The molecular formula is C35H54N6O29S2. The van der Waals surface area contributed by atoms with E-state index in [2.05, 4.69) is 39.0 Å². The molecule has 72 heavy (non-hydrogen) atoms. The number of nitrogens with one attached hydrogen (secondary N) is 2. The van der Waals surface area contributed by atoms with E-state index >= 15 is 0 Å². The van der Waals surface area contributed by atoms with E-state index in [4.69, 9.17) is 59.8 Å². The fraction of sp³-hybridized carbons (Fsp3) is 0.714. The Morgan fingerprint density at radius 2 is 0.958 bits per heavy atom. The first-order valence-electron chi connectivity index (χ1n) is 20.8. The minimum Gasteiger partial charge on any atom is -0.462 e. The highest BCUT2D eigenvalue weighted by Gasteiger charge is 2.58. The number of aryl methyl sites for hydroxylation is 1. The number of nitrogens with two attached hydrogens (primary N) is 4. The number of carbonyl (C=O) groups is 4. The Balaban J connectivity index is 1.45. The average Bonchev–Trinajstić information content (AvgIpc) is 3.33. The van der Waals surface area contributed by atoms with Gasteiger partial charge in [-0.1, -0.05) is 17.7 Å². The third kappa shape index (κ3) is 14.2. The van der Waals surface area contributed by atoms with Crippen LogP contribution in [-0.4, -0.2) is 212 Å². The van der Waals surface area contributed by atoms with Crippen LogP contribution < -0.4 is 39.0 Å². The highest BCUT2D eigenvalue weighted by atomic mass is 32.3. The summed E-state index contributed by atoms with van der Waals surface area (Å²) in [6.07, 6.45) is -39.1. The number of benzene rings is 1. The van der Waals surface area contributed by atoms with Gasteiger partial charge in [-0.05, 0) is 19.1 Å². The van der Waals surface area contributed by atoms with E-state index in [1.165, 1.54) is 12.1 Å². The van der Waals surface area contributed by atoms with E-state index in [-0.39, 0.29) is 5.75 Å². The Bertz CT molecular complexity index is 2240. The van der Waals surface area contributed by atoms with Crippen LogP contribution in [0.5, 0.6) is 5.75 Å². The first-order valence-corrected chi connectivity index (χ1v) is 23.4. The van der Waals surface area contributed by atoms with E-state index in [0.29, 0.717) is 0 Å². The van der Waals surface area contributed by atoms with Crippen LogP contribution in [0, 0.1) is 6.92 Å².